The maximum absolute atomic E-state index is 13.1. The molecule has 1 aromatic carbocycles. The fourth-order valence-electron chi connectivity index (χ4n) is 4.15. The van der Waals surface area contributed by atoms with E-state index < -0.39 is 0 Å². The van der Waals surface area contributed by atoms with Gasteiger partial charge in [0, 0.05) is 44.2 Å². The number of carbonyl (C=O) groups is 2. The molecule has 2 aromatic heterocycles. The molecule has 1 aliphatic rings. The summed E-state index contributed by atoms with van der Waals surface area (Å²) in [7, 11) is 3.52. The Balaban J connectivity index is 1.45. The molecule has 1 atom stereocenters. The van der Waals surface area contributed by atoms with Gasteiger partial charge in [0.15, 0.2) is 0 Å². The number of benzene rings is 1. The highest BCUT2D eigenvalue weighted by Crippen LogP contribution is 2.39. The Morgan fingerprint density at radius 2 is 2.06 bits per heavy atom. The molecule has 8 heteroatoms. The minimum absolute atomic E-state index is 0.0614. The number of carbonyl (C=O) groups excluding carboxylic acids is 2. The van der Waals surface area contributed by atoms with Crippen LogP contribution in [-0.4, -0.2) is 60.3 Å². The molecule has 31 heavy (non-hydrogen) atoms. The number of halogens is 1. The SMILES string of the molecule is CNC(=O)c1sc2ncccc2c1C1CCN(C(=O)CN(C)Cc2ccc(F)cc2)C1. The predicted octanol–water partition coefficient (Wildman–Crippen LogP) is 3.24. The second kappa shape index (κ2) is 9.11. The molecule has 3 aromatic rings. The van der Waals surface area contributed by atoms with Crippen molar-refractivity contribution in [1.29, 1.82) is 0 Å². The molecule has 162 valence electrons. The number of hydrogen-bond acceptors (Lipinski definition) is 5. The number of rotatable bonds is 6. The van der Waals surface area contributed by atoms with Crippen LogP contribution in [0.5, 0.6) is 0 Å². The van der Waals surface area contributed by atoms with E-state index in [1.807, 2.05) is 29.0 Å². The fraction of sp³-hybridized carbons (Fsp3) is 0.348. The van der Waals surface area contributed by atoms with Gasteiger partial charge in [0.05, 0.1) is 11.4 Å². The summed E-state index contributed by atoms with van der Waals surface area (Å²) < 4.78 is 13.1. The van der Waals surface area contributed by atoms with Crippen LogP contribution >= 0.6 is 11.3 Å². The van der Waals surface area contributed by atoms with Crippen LogP contribution in [0.4, 0.5) is 4.39 Å². The second-order valence-corrected chi connectivity index (χ2v) is 8.90. The smallest absolute Gasteiger partial charge is 0.261 e. The van der Waals surface area contributed by atoms with Gasteiger partial charge in [-0.05, 0) is 42.8 Å². The summed E-state index contributed by atoms with van der Waals surface area (Å²) in [4.78, 5) is 35.1. The lowest BCUT2D eigenvalue weighted by Gasteiger charge is -2.22. The number of nitrogens with one attached hydrogen (secondary N) is 1. The third kappa shape index (κ3) is 4.60. The Bertz CT molecular complexity index is 1100. The maximum Gasteiger partial charge on any atom is 0.261 e. The third-order valence-electron chi connectivity index (χ3n) is 5.66. The predicted molar refractivity (Wildman–Crippen MR) is 120 cm³/mol. The Hall–Kier alpha value is -2.84. The molecule has 1 unspecified atom stereocenters. The molecule has 1 saturated heterocycles. The fourth-order valence-corrected chi connectivity index (χ4v) is 5.33. The summed E-state index contributed by atoms with van der Waals surface area (Å²) in [6.45, 7) is 2.12. The molecular weight excluding hydrogens is 415 g/mol. The number of likely N-dealkylation sites (tertiary alicyclic amines) is 1. The lowest BCUT2D eigenvalue weighted by Crippen LogP contribution is -2.37. The zero-order chi connectivity index (χ0) is 22.0. The lowest BCUT2D eigenvalue weighted by molar-refractivity contribution is -0.131. The molecule has 1 N–H and O–H groups in total. The molecule has 0 saturated carbocycles. The second-order valence-electron chi connectivity index (χ2n) is 7.90. The van der Waals surface area contributed by atoms with E-state index in [2.05, 4.69) is 10.3 Å². The van der Waals surface area contributed by atoms with Gasteiger partial charge in [0.1, 0.15) is 10.6 Å². The first kappa shape index (κ1) is 21.4. The quantitative estimate of drug-likeness (QED) is 0.639. The van der Waals surface area contributed by atoms with E-state index in [1.54, 1.807) is 25.4 Å². The van der Waals surface area contributed by atoms with Crippen LogP contribution in [0.1, 0.15) is 33.1 Å². The van der Waals surface area contributed by atoms with Crippen LogP contribution in [-0.2, 0) is 11.3 Å². The highest BCUT2D eigenvalue weighted by atomic mass is 32.1. The summed E-state index contributed by atoms with van der Waals surface area (Å²) in [5.41, 5.74) is 1.96. The van der Waals surface area contributed by atoms with Gasteiger partial charge in [-0.2, -0.15) is 0 Å². The zero-order valence-electron chi connectivity index (χ0n) is 17.6. The molecule has 0 spiro atoms. The highest BCUT2D eigenvalue weighted by Gasteiger charge is 2.32. The summed E-state index contributed by atoms with van der Waals surface area (Å²) in [6.07, 6.45) is 2.55. The number of likely N-dealkylation sites (N-methyl/N-ethyl adjacent to an activating group) is 1. The van der Waals surface area contributed by atoms with E-state index in [0.29, 0.717) is 31.1 Å². The van der Waals surface area contributed by atoms with Crippen LogP contribution < -0.4 is 5.32 Å². The molecule has 2 amide bonds. The molecule has 4 rings (SSSR count). The van der Waals surface area contributed by atoms with Crippen molar-refractivity contribution >= 4 is 33.4 Å². The Morgan fingerprint density at radius 3 is 2.81 bits per heavy atom. The number of pyridine rings is 1. The standard InChI is InChI=1S/C23H25FN4O2S/c1-25-22(30)21-20(18-4-3-10-26-23(18)31-21)16-9-11-28(13-16)19(29)14-27(2)12-15-5-7-17(24)8-6-15/h3-8,10,16H,9,11-14H2,1-2H3,(H,25,30). The van der Waals surface area contributed by atoms with E-state index in [-0.39, 0.29) is 23.5 Å². The van der Waals surface area contributed by atoms with E-state index in [9.17, 15) is 14.0 Å². The molecule has 1 aliphatic heterocycles. The minimum atomic E-state index is -0.266. The first-order valence-corrected chi connectivity index (χ1v) is 11.1. The van der Waals surface area contributed by atoms with Gasteiger partial charge in [-0.25, -0.2) is 9.37 Å². The Labute approximate surface area is 184 Å². The van der Waals surface area contributed by atoms with E-state index >= 15 is 0 Å². The maximum atomic E-state index is 13.1. The van der Waals surface area contributed by atoms with Crippen LogP contribution in [0.15, 0.2) is 42.6 Å². The van der Waals surface area contributed by atoms with E-state index in [1.165, 1.54) is 23.5 Å². The molecule has 0 radical (unpaired) electrons. The first-order chi connectivity index (χ1) is 15.0. The van der Waals surface area contributed by atoms with Gasteiger partial charge in [0.25, 0.3) is 5.91 Å². The summed E-state index contributed by atoms with van der Waals surface area (Å²) in [5.74, 6) is -0.206. The van der Waals surface area contributed by atoms with E-state index in [4.69, 9.17) is 0 Å². The first-order valence-electron chi connectivity index (χ1n) is 10.3. The molecule has 0 aliphatic carbocycles. The molecule has 6 nitrogen and oxygen atoms in total. The highest BCUT2D eigenvalue weighted by molar-refractivity contribution is 7.20. The number of hydrogen-bond donors (Lipinski definition) is 1. The van der Waals surface area contributed by atoms with Crippen molar-refractivity contribution in [3.8, 4) is 0 Å². The Kier molecular flexibility index (Phi) is 6.29. The number of thiophene rings is 1. The van der Waals surface area contributed by atoms with Crippen molar-refractivity contribution in [3.05, 3.63) is 64.4 Å². The van der Waals surface area contributed by atoms with Gasteiger partial charge < -0.3 is 10.2 Å². The van der Waals surface area contributed by atoms with Crippen LogP contribution in [0.3, 0.4) is 0 Å². The monoisotopic (exact) mass is 440 g/mol. The number of nitrogens with zero attached hydrogens (tertiary/aromatic N) is 3. The zero-order valence-corrected chi connectivity index (χ0v) is 18.4. The largest absolute Gasteiger partial charge is 0.354 e. The minimum Gasteiger partial charge on any atom is -0.354 e. The van der Waals surface area contributed by atoms with Gasteiger partial charge in [0.2, 0.25) is 5.91 Å². The van der Waals surface area contributed by atoms with Crippen LogP contribution in [0, 0.1) is 5.82 Å². The van der Waals surface area contributed by atoms with Gasteiger partial charge in [-0.15, -0.1) is 11.3 Å². The van der Waals surface area contributed by atoms with Gasteiger partial charge >= 0.3 is 0 Å². The topological polar surface area (TPSA) is 65.5 Å². The summed E-state index contributed by atoms with van der Waals surface area (Å²) in [6, 6.07) is 10.2. The number of aromatic nitrogens is 1. The van der Waals surface area contributed by atoms with Gasteiger partial charge in [-0.1, -0.05) is 18.2 Å². The normalized spacial score (nSPS) is 16.3. The van der Waals surface area contributed by atoms with Crippen LogP contribution in [0.2, 0.25) is 0 Å². The molecule has 1 fully saturated rings. The average molecular weight is 441 g/mol. The molecular formula is C23H25FN4O2S. The van der Waals surface area contributed by atoms with Crippen LogP contribution in [0.25, 0.3) is 10.2 Å². The molecule has 0 bridgehead atoms. The van der Waals surface area contributed by atoms with Crippen molar-refractivity contribution in [2.24, 2.45) is 0 Å². The number of fused-ring (bicyclic) bond motifs is 1. The van der Waals surface area contributed by atoms with E-state index in [0.717, 1.165) is 27.8 Å². The summed E-state index contributed by atoms with van der Waals surface area (Å²) in [5, 5.41) is 3.72. The average Bonchev–Trinajstić information content (AvgIpc) is 3.39. The molecule has 3 heterocycles. The van der Waals surface area contributed by atoms with Crippen molar-refractivity contribution in [2.75, 3.05) is 33.7 Å². The number of amides is 2. The van der Waals surface area contributed by atoms with Crippen molar-refractivity contribution < 1.29 is 14.0 Å². The third-order valence-corrected chi connectivity index (χ3v) is 6.79. The summed E-state index contributed by atoms with van der Waals surface area (Å²) >= 11 is 1.40. The van der Waals surface area contributed by atoms with Crippen molar-refractivity contribution in [2.45, 2.75) is 18.9 Å². The van der Waals surface area contributed by atoms with Crippen molar-refractivity contribution in [1.82, 2.24) is 20.1 Å². The Morgan fingerprint density at radius 1 is 1.29 bits per heavy atom. The van der Waals surface area contributed by atoms with Gasteiger partial charge in [-0.3, -0.25) is 14.5 Å². The lowest BCUT2D eigenvalue weighted by atomic mass is 9.95. The van der Waals surface area contributed by atoms with Crippen molar-refractivity contribution in [3.63, 3.8) is 0 Å².